The lowest BCUT2D eigenvalue weighted by molar-refractivity contribution is 0.113. The SMILES string of the molecule is NC(=S)Cc1ccc(S(=O)(=O)N2CCC(O)CC2)cc1. The summed E-state index contributed by atoms with van der Waals surface area (Å²) < 4.78 is 26.3. The maximum atomic E-state index is 12.4. The predicted octanol–water partition coefficient (Wildman–Crippen LogP) is 0.661. The fourth-order valence-electron chi connectivity index (χ4n) is 2.21. The Bertz CT molecular complexity index is 576. The molecule has 0 radical (unpaired) electrons. The lowest BCUT2D eigenvalue weighted by atomic mass is 10.1. The van der Waals surface area contributed by atoms with Crippen molar-refractivity contribution in [2.75, 3.05) is 13.1 Å². The zero-order valence-electron chi connectivity index (χ0n) is 11.0. The van der Waals surface area contributed by atoms with Gasteiger partial charge in [0, 0.05) is 19.5 Å². The third-order valence-corrected chi connectivity index (χ3v) is 5.42. The summed E-state index contributed by atoms with van der Waals surface area (Å²) in [5, 5.41) is 9.44. The Hall–Kier alpha value is -1.02. The second-order valence-electron chi connectivity index (χ2n) is 4.92. The molecule has 1 aliphatic rings. The number of sulfonamides is 1. The fourth-order valence-corrected chi connectivity index (χ4v) is 3.85. The Morgan fingerprint density at radius 2 is 1.85 bits per heavy atom. The van der Waals surface area contributed by atoms with E-state index in [-0.39, 0.29) is 4.90 Å². The highest BCUT2D eigenvalue weighted by atomic mass is 32.2. The summed E-state index contributed by atoms with van der Waals surface area (Å²) in [6.45, 7) is 0.719. The summed E-state index contributed by atoms with van der Waals surface area (Å²) in [5.74, 6) is 0. The molecular formula is C13H18N2O3S2. The van der Waals surface area contributed by atoms with Gasteiger partial charge in [-0.3, -0.25) is 0 Å². The van der Waals surface area contributed by atoms with E-state index in [0.29, 0.717) is 37.3 Å². The highest BCUT2D eigenvalue weighted by Gasteiger charge is 2.28. The number of nitrogens with two attached hydrogens (primary N) is 1. The van der Waals surface area contributed by atoms with Gasteiger partial charge in [0.15, 0.2) is 0 Å². The van der Waals surface area contributed by atoms with E-state index in [1.165, 1.54) is 4.31 Å². The Kier molecular flexibility index (Phi) is 4.74. The number of aliphatic hydroxyl groups is 1. The van der Waals surface area contributed by atoms with E-state index in [2.05, 4.69) is 0 Å². The van der Waals surface area contributed by atoms with E-state index >= 15 is 0 Å². The molecule has 1 saturated heterocycles. The average Bonchev–Trinajstić information content (AvgIpc) is 2.39. The molecule has 1 heterocycles. The van der Waals surface area contributed by atoms with Crippen molar-refractivity contribution in [1.29, 1.82) is 0 Å². The number of benzene rings is 1. The second kappa shape index (κ2) is 6.17. The summed E-state index contributed by atoms with van der Waals surface area (Å²) in [4.78, 5) is 0.645. The van der Waals surface area contributed by atoms with E-state index in [4.69, 9.17) is 18.0 Å². The number of hydrogen-bond donors (Lipinski definition) is 2. The van der Waals surface area contributed by atoms with Gasteiger partial charge in [0.05, 0.1) is 16.0 Å². The fraction of sp³-hybridized carbons (Fsp3) is 0.462. The van der Waals surface area contributed by atoms with Crippen molar-refractivity contribution in [3.63, 3.8) is 0 Å². The summed E-state index contributed by atoms with van der Waals surface area (Å²) in [6.07, 6.45) is 1.04. The molecule has 5 nitrogen and oxygen atoms in total. The molecule has 20 heavy (non-hydrogen) atoms. The minimum Gasteiger partial charge on any atom is -0.393 e. The van der Waals surface area contributed by atoms with E-state index < -0.39 is 16.1 Å². The van der Waals surface area contributed by atoms with Crippen LogP contribution in [0.15, 0.2) is 29.2 Å². The Balaban J connectivity index is 2.15. The van der Waals surface area contributed by atoms with Crippen LogP contribution in [0, 0.1) is 0 Å². The first-order valence-electron chi connectivity index (χ1n) is 6.45. The smallest absolute Gasteiger partial charge is 0.243 e. The van der Waals surface area contributed by atoms with E-state index in [1.807, 2.05) is 0 Å². The molecule has 0 bridgehead atoms. The van der Waals surface area contributed by atoms with Gasteiger partial charge in [0.1, 0.15) is 0 Å². The van der Waals surface area contributed by atoms with Crippen molar-refractivity contribution in [2.45, 2.75) is 30.3 Å². The number of hydrogen-bond acceptors (Lipinski definition) is 4. The van der Waals surface area contributed by atoms with Gasteiger partial charge < -0.3 is 10.8 Å². The third kappa shape index (κ3) is 3.54. The molecule has 0 unspecified atom stereocenters. The lowest BCUT2D eigenvalue weighted by Gasteiger charge is -2.28. The number of aliphatic hydroxyl groups excluding tert-OH is 1. The molecule has 1 fully saturated rings. The van der Waals surface area contributed by atoms with Crippen LogP contribution in [0.4, 0.5) is 0 Å². The highest BCUT2D eigenvalue weighted by Crippen LogP contribution is 2.21. The van der Waals surface area contributed by atoms with Crippen molar-refractivity contribution < 1.29 is 13.5 Å². The van der Waals surface area contributed by atoms with E-state index in [1.54, 1.807) is 24.3 Å². The molecule has 1 aromatic rings. The van der Waals surface area contributed by atoms with Gasteiger partial charge in [-0.25, -0.2) is 8.42 Å². The molecule has 1 aliphatic heterocycles. The molecule has 7 heteroatoms. The van der Waals surface area contributed by atoms with Gasteiger partial charge in [-0.1, -0.05) is 24.4 Å². The first kappa shape index (κ1) is 15.4. The Labute approximate surface area is 124 Å². The predicted molar refractivity (Wildman–Crippen MR) is 80.9 cm³/mol. The number of rotatable bonds is 4. The molecule has 0 aromatic heterocycles. The maximum Gasteiger partial charge on any atom is 0.243 e. The maximum absolute atomic E-state index is 12.4. The van der Waals surface area contributed by atoms with Crippen LogP contribution in [0.25, 0.3) is 0 Å². The summed E-state index contributed by atoms with van der Waals surface area (Å²) in [6, 6.07) is 6.61. The van der Waals surface area contributed by atoms with Gasteiger partial charge in [-0.05, 0) is 30.5 Å². The van der Waals surface area contributed by atoms with Crippen LogP contribution in [-0.2, 0) is 16.4 Å². The summed E-state index contributed by atoms with van der Waals surface area (Å²) >= 11 is 4.82. The number of thiocarbonyl (C=S) groups is 1. The Morgan fingerprint density at radius 1 is 1.30 bits per heavy atom. The van der Waals surface area contributed by atoms with Gasteiger partial charge in [-0.15, -0.1) is 0 Å². The lowest BCUT2D eigenvalue weighted by Crippen LogP contribution is -2.39. The second-order valence-corrected chi connectivity index (χ2v) is 7.38. The van der Waals surface area contributed by atoms with Crippen LogP contribution in [0.5, 0.6) is 0 Å². The molecule has 110 valence electrons. The van der Waals surface area contributed by atoms with Crippen LogP contribution in [0.1, 0.15) is 18.4 Å². The van der Waals surface area contributed by atoms with Gasteiger partial charge in [0.25, 0.3) is 0 Å². The van der Waals surface area contributed by atoms with E-state index in [9.17, 15) is 13.5 Å². The van der Waals surface area contributed by atoms with Crippen molar-refractivity contribution in [3.8, 4) is 0 Å². The third-order valence-electron chi connectivity index (χ3n) is 3.36. The molecular weight excluding hydrogens is 296 g/mol. The van der Waals surface area contributed by atoms with Crippen molar-refractivity contribution >= 4 is 27.2 Å². The average molecular weight is 314 g/mol. The van der Waals surface area contributed by atoms with Crippen LogP contribution in [-0.4, -0.2) is 42.0 Å². The van der Waals surface area contributed by atoms with Gasteiger partial charge >= 0.3 is 0 Å². The van der Waals surface area contributed by atoms with Crippen molar-refractivity contribution in [1.82, 2.24) is 4.31 Å². The number of nitrogens with zero attached hydrogens (tertiary/aromatic N) is 1. The topological polar surface area (TPSA) is 83.6 Å². The minimum absolute atomic E-state index is 0.264. The minimum atomic E-state index is -3.47. The first-order valence-corrected chi connectivity index (χ1v) is 8.30. The first-order chi connectivity index (χ1) is 9.39. The monoisotopic (exact) mass is 314 g/mol. The zero-order valence-corrected chi connectivity index (χ0v) is 12.7. The highest BCUT2D eigenvalue weighted by molar-refractivity contribution is 7.89. The van der Waals surface area contributed by atoms with Crippen molar-refractivity contribution in [3.05, 3.63) is 29.8 Å². The summed E-state index contributed by atoms with van der Waals surface area (Å²) in [7, 11) is -3.47. The molecule has 3 N–H and O–H groups in total. The van der Waals surface area contributed by atoms with Crippen LogP contribution in [0.3, 0.4) is 0 Å². The zero-order chi connectivity index (χ0) is 14.8. The standard InChI is InChI=1S/C13H18N2O3S2/c14-13(19)9-10-1-3-12(4-2-10)20(17,18)15-7-5-11(16)6-8-15/h1-4,11,16H,5-9H2,(H2,14,19). The quantitative estimate of drug-likeness (QED) is 0.798. The molecule has 0 amide bonds. The van der Waals surface area contributed by atoms with Crippen molar-refractivity contribution in [2.24, 2.45) is 5.73 Å². The van der Waals surface area contributed by atoms with Gasteiger partial charge in [0.2, 0.25) is 10.0 Å². The Morgan fingerprint density at radius 3 is 2.35 bits per heavy atom. The molecule has 0 spiro atoms. The largest absolute Gasteiger partial charge is 0.393 e. The normalized spacial score (nSPS) is 18.1. The van der Waals surface area contributed by atoms with Crippen LogP contribution >= 0.6 is 12.2 Å². The van der Waals surface area contributed by atoms with Gasteiger partial charge in [-0.2, -0.15) is 4.31 Å². The molecule has 2 rings (SSSR count). The van der Waals surface area contributed by atoms with Crippen LogP contribution < -0.4 is 5.73 Å². The molecule has 0 saturated carbocycles. The summed E-state index contributed by atoms with van der Waals surface area (Å²) in [5.41, 5.74) is 6.35. The molecule has 1 aromatic carbocycles. The van der Waals surface area contributed by atoms with E-state index in [0.717, 1.165) is 5.56 Å². The molecule has 0 aliphatic carbocycles. The van der Waals surface area contributed by atoms with Crippen LogP contribution in [0.2, 0.25) is 0 Å². The number of piperidine rings is 1. The molecule has 0 atom stereocenters.